The monoisotopic (exact) mass is 282 g/mol. The molecule has 0 radical (unpaired) electrons. The van der Waals surface area contributed by atoms with Gasteiger partial charge in [0, 0.05) is 19.0 Å². The smallest absolute Gasteiger partial charge is 0.223 e. The first-order valence-corrected chi connectivity index (χ1v) is 7.07. The zero-order valence-electron chi connectivity index (χ0n) is 11.6. The normalized spacial score (nSPS) is 20.8. The van der Waals surface area contributed by atoms with E-state index in [1.54, 1.807) is 0 Å². The Balaban J connectivity index is 1.79. The largest absolute Gasteiger partial charge is 0.355 e. The van der Waals surface area contributed by atoms with Gasteiger partial charge in [-0.15, -0.1) is 0 Å². The highest BCUT2D eigenvalue weighted by atomic mass is 19.1. The maximum absolute atomic E-state index is 13.6. The van der Waals surface area contributed by atoms with Crippen molar-refractivity contribution in [2.45, 2.75) is 25.7 Å². The van der Waals surface area contributed by atoms with Crippen molar-refractivity contribution < 1.29 is 13.6 Å². The first-order valence-electron chi connectivity index (χ1n) is 7.07. The molecule has 2 rings (SSSR count). The lowest BCUT2D eigenvalue weighted by molar-refractivity contribution is -0.122. The van der Waals surface area contributed by atoms with E-state index < -0.39 is 11.6 Å². The van der Waals surface area contributed by atoms with Crippen LogP contribution in [0.25, 0.3) is 0 Å². The molecule has 1 amide bonds. The number of benzene rings is 1. The summed E-state index contributed by atoms with van der Waals surface area (Å²) in [5.41, 5.74) is 0.314. The lowest BCUT2D eigenvalue weighted by Crippen LogP contribution is -2.33. The first kappa shape index (κ1) is 14.9. The minimum absolute atomic E-state index is 0.0723. The minimum Gasteiger partial charge on any atom is -0.355 e. The maximum atomic E-state index is 13.6. The van der Waals surface area contributed by atoms with Crippen molar-refractivity contribution >= 4 is 5.91 Å². The van der Waals surface area contributed by atoms with Crippen molar-refractivity contribution in [2.24, 2.45) is 5.92 Å². The summed E-state index contributed by atoms with van der Waals surface area (Å²) >= 11 is 0. The lowest BCUT2D eigenvalue weighted by atomic mass is 10.1. The Morgan fingerprint density at radius 1 is 1.30 bits per heavy atom. The zero-order valence-corrected chi connectivity index (χ0v) is 11.6. The van der Waals surface area contributed by atoms with Crippen LogP contribution in [0.1, 0.15) is 31.2 Å². The number of carbonyl (C=O) groups is 1. The van der Waals surface area contributed by atoms with Crippen LogP contribution >= 0.6 is 0 Å². The number of halogens is 2. The molecule has 110 valence electrons. The molecule has 0 saturated heterocycles. The number of nitrogens with one attached hydrogen (secondary N) is 2. The van der Waals surface area contributed by atoms with Crippen LogP contribution in [0.4, 0.5) is 8.78 Å². The van der Waals surface area contributed by atoms with Gasteiger partial charge in [-0.2, -0.15) is 0 Å². The SMILES string of the molecule is CCCNCCNC(=O)C1CC1c1cc(F)ccc1F. The Hall–Kier alpha value is -1.49. The summed E-state index contributed by atoms with van der Waals surface area (Å²) in [7, 11) is 0. The van der Waals surface area contributed by atoms with E-state index in [1.165, 1.54) is 6.07 Å². The van der Waals surface area contributed by atoms with Gasteiger partial charge in [-0.3, -0.25) is 4.79 Å². The molecule has 1 aromatic carbocycles. The van der Waals surface area contributed by atoms with E-state index >= 15 is 0 Å². The molecule has 1 aliphatic carbocycles. The molecule has 0 spiro atoms. The number of hydrogen-bond acceptors (Lipinski definition) is 2. The fourth-order valence-electron chi connectivity index (χ4n) is 2.33. The van der Waals surface area contributed by atoms with E-state index in [-0.39, 0.29) is 17.7 Å². The molecule has 2 atom stereocenters. The summed E-state index contributed by atoms with van der Waals surface area (Å²) < 4.78 is 26.7. The predicted octanol–water partition coefficient (Wildman–Crippen LogP) is 2.18. The Labute approximate surface area is 117 Å². The van der Waals surface area contributed by atoms with Gasteiger partial charge in [0.25, 0.3) is 0 Å². The molecule has 0 aliphatic heterocycles. The Morgan fingerprint density at radius 2 is 2.10 bits per heavy atom. The van der Waals surface area contributed by atoms with Crippen molar-refractivity contribution in [1.29, 1.82) is 0 Å². The predicted molar refractivity (Wildman–Crippen MR) is 73.4 cm³/mol. The summed E-state index contributed by atoms with van der Waals surface area (Å²) in [6, 6.07) is 3.40. The molecule has 20 heavy (non-hydrogen) atoms. The van der Waals surface area contributed by atoms with Gasteiger partial charge in [-0.05, 0) is 49.1 Å². The molecule has 0 heterocycles. The van der Waals surface area contributed by atoms with E-state index in [1.807, 2.05) is 0 Å². The van der Waals surface area contributed by atoms with E-state index in [9.17, 15) is 13.6 Å². The first-order chi connectivity index (χ1) is 9.63. The molecule has 5 heteroatoms. The summed E-state index contributed by atoms with van der Waals surface area (Å²) in [4.78, 5) is 11.9. The molecule has 3 nitrogen and oxygen atoms in total. The molecular formula is C15H20F2N2O. The van der Waals surface area contributed by atoms with E-state index in [0.29, 0.717) is 18.5 Å². The number of rotatable bonds is 7. The van der Waals surface area contributed by atoms with Gasteiger partial charge in [0.1, 0.15) is 11.6 Å². The fourth-order valence-corrected chi connectivity index (χ4v) is 2.33. The fraction of sp³-hybridized carbons (Fsp3) is 0.533. The molecule has 2 N–H and O–H groups in total. The van der Waals surface area contributed by atoms with Crippen LogP contribution in [0.5, 0.6) is 0 Å². The number of amides is 1. The highest BCUT2D eigenvalue weighted by molar-refractivity contribution is 5.82. The molecule has 1 saturated carbocycles. The Bertz CT molecular complexity index is 479. The molecule has 0 aromatic heterocycles. The Kier molecular flexibility index (Phi) is 5.06. The van der Waals surface area contributed by atoms with Gasteiger partial charge in [-0.25, -0.2) is 8.78 Å². The van der Waals surface area contributed by atoms with Gasteiger partial charge in [0.2, 0.25) is 5.91 Å². The molecular weight excluding hydrogens is 262 g/mol. The third-order valence-electron chi connectivity index (χ3n) is 3.51. The second kappa shape index (κ2) is 6.79. The summed E-state index contributed by atoms with van der Waals surface area (Å²) in [5, 5.41) is 6.00. The van der Waals surface area contributed by atoms with Crippen molar-refractivity contribution in [2.75, 3.05) is 19.6 Å². The average molecular weight is 282 g/mol. The highest BCUT2D eigenvalue weighted by Crippen LogP contribution is 2.48. The van der Waals surface area contributed by atoms with Crippen LogP contribution in [-0.4, -0.2) is 25.5 Å². The van der Waals surface area contributed by atoms with Gasteiger partial charge < -0.3 is 10.6 Å². The molecule has 1 fully saturated rings. The van der Waals surface area contributed by atoms with Crippen LogP contribution in [0.3, 0.4) is 0 Å². The van der Waals surface area contributed by atoms with E-state index in [0.717, 1.165) is 31.6 Å². The molecule has 0 bridgehead atoms. The van der Waals surface area contributed by atoms with E-state index in [4.69, 9.17) is 0 Å². The van der Waals surface area contributed by atoms with Crippen LogP contribution in [0.15, 0.2) is 18.2 Å². The molecule has 1 aliphatic rings. The van der Waals surface area contributed by atoms with Gasteiger partial charge in [0.15, 0.2) is 0 Å². The van der Waals surface area contributed by atoms with Crippen LogP contribution in [-0.2, 0) is 4.79 Å². The zero-order chi connectivity index (χ0) is 14.5. The molecule has 1 aromatic rings. The summed E-state index contributed by atoms with van der Waals surface area (Å²) in [6.45, 7) is 4.29. The Morgan fingerprint density at radius 3 is 2.85 bits per heavy atom. The third-order valence-corrected chi connectivity index (χ3v) is 3.51. The average Bonchev–Trinajstić information content (AvgIpc) is 3.21. The quantitative estimate of drug-likeness (QED) is 0.753. The third kappa shape index (κ3) is 3.76. The molecule has 2 unspecified atom stereocenters. The van der Waals surface area contributed by atoms with Crippen LogP contribution in [0, 0.1) is 17.6 Å². The van der Waals surface area contributed by atoms with Gasteiger partial charge >= 0.3 is 0 Å². The van der Waals surface area contributed by atoms with Gasteiger partial charge in [0.05, 0.1) is 0 Å². The minimum atomic E-state index is -0.462. The van der Waals surface area contributed by atoms with Crippen molar-refractivity contribution in [3.63, 3.8) is 0 Å². The lowest BCUT2D eigenvalue weighted by Gasteiger charge is -2.06. The van der Waals surface area contributed by atoms with Crippen molar-refractivity contribution in [3.8, 4) is 0 Å². The van der Waals surface area contributed by atoms with Crippen molar-refractivity contribution in [3.05, 3.63) is 35.4 Å². The second-order valence-corrected chi connectivity index (χ2v) is 5.16. The maximum Gasteiger partial charge on any atom is 0.223 e. The van der Waals surface area contributed by atoms with Crippen molar-refractivity contribution in [1.82, 2.24) is 10.6 Å². The highest BCUT2D eigenvalue weighted by Gasteiger charge is 2.45. The summed E-state index contributed by atoms with van der Waals surface area (Å²) in [6.07, 6.45) is 1.64. The van der Waals surface area contributed by atoms with Crippen LogP contribution < -0.4 is 10.6 Å². The van der Waals surface area contributed by atoms with Gasteiger partial charge in [-0.1, -0.05) is 6.92 Å². The number of hydrogen-bond donors (Lipinski definition) is 2. The standard InChI is InChI=1S/C15H20F2N2O/c1-2-5-18-6-7-19-15(20)13-9-11(13)12-8-10(16)3-4-14(12)17/h3-4,8,11,13,18H,2,5-7,9H2,1H3,(H,19,20). The summed E-state index contributed by atoms with van der Waals surface area (Å²) in [5.74, 6) is -1.38. The second-order valence-electron chi connectivity index (χ2n) is 5.16. The van der Waals surface area contributed by atoms with E-state index in [2.05, 4.69) is 17.6 Å². The number of carbonyl (C=O) groups excluding carboxylic acids is 1. The topological polar surface area (TPSA) is 41.1 Å². The van der Waals surface area contributed by atoms with Crippen LogP contribution in [0.2, 0.25) is 0 Å².